The standard InChI is InChI=1S/C12H12Cl2FNO/c13-7-8-3-2-6-16(8)12(17)9-4-1-5-10(14)11(9)15/h1,4-5,8H,2-3,6-7H2. The van der Waals surface area contributed by atoms with Crippen molar-refractivity contribution >= 4 is 29.1 Å². The summed E-state index contributed by atoms with van der Waals surface area (Å²) in [6, 6.07) is 4.45. The van der Waals surface area contributed by atoms with Crippen LogP contribution in [-0.2, 0) is 0 Å². The van der Waals surface area contributed by atoms with Gasteiger partial charge in [-0.25, -0.2) is 4.39 Å². The van der Waals surface area contributed by atoms with Gasteiger partial charge < -0.3 is 4.90 Å². The maximum absolute atomic E-state index is 13.7. The van der Waals surface area contributed by atoms with Gasteiger partial charge in [-0.3, -0.25) is 4.79 Å². The highest BCUT2D eigenvalue weighted by atomic mass is 35.5. The lowest BCUT2D eigenvalue weighted by Crippen LogP contribution is -2.37. The number of halogens is 3. The zero-order chi connectivity index (χ0) is 12.4. The number of benzene rings is 1. The third kappa shape index (κ3) is 2.40. The fourth-order valence-electron chi connectivity index (χ4n) is 2.09. The second-order valence-corrected chi connectivity index (χ2v) is 4.77. The van der Waals surface area contributed by atoms with Gasteiger partial charge in [0.1, 0.15) is 0 Å². The number of rotatable bonds is 2. The van der Waals surface area contributed by atoms with Gasteiger partial charge in [-0.05, 0) is 25.0 Å². The largest absolute Gasteiger partial charge is 0.334 e. The van der Waals surface area contributed by atoms with E-state index in [0.717, 1.165) is 12.8 Å². The molecule has 0 radical (unpaired) electrons. The van der Waals surface area contributed by atoms with Crippen LogP contribution < -0.4 is 0 Å². The van der Waals surface area contributed by atoms with E-state index in [9.17, 15) is 9.18 Å². The Kier molecular flexibility index (Phi) is 3.89. The molecule has 0 aliphatic carbocycles. The molecule has 1 fully saturated rings. The van der Waals surface area contributed by atoms with Crippen molar-refractivity contribution in [3.63, 3.8) is 0 Å². The van der Waals surface area contributed by atoms with Gasteiger partial charge in [0.25, 0.3) is 5.91 Å². The molecule has 1 amide bonds. The molecule has 1 aromatic rings. The Balaban J connectivity index is 2.28. The average Bonchev–Trinajstić information content (AvgIpc) is 2.80. The Morgan fingerprint density at radius 3 is 3.00 bits per heavy atom. The summed E-state index contributed by atoms with van der Waals surface area (Å²) in [6.07, 6.45) is 1.78. The molecule has 1 heterocycles. The van der Waals surface area contributed by atoms with E-state index in [2.05, 4.69) is 0 Å². The fourth-order valence-corrected chi connectivity index (χ4v) is 2.58. The molecule has 1 aromatic carbocycles. The minimum Gasteiger partial charge on any atom is -0.334 e. The molecule has 0 spiro atoms. The highest BCUT2D eigenvalue weighted by molar-refractivity contribution is 6.31. The Labute approximate surface area is 109 Å². The molecule has 0 saturated carbocycles. The highest BCUT2D eigenvalue weighted by Crippen LogP contribution is 2.24. The molecule has 5 heteroatoms. The molecule has 2 rings (SSSR count). The second kappa shape index (κ2) is 5.23. The molecule has 1 saturated heterocycles. The van der Waals surface area contributed by atoms with Crippen LogP contribution in [0.5, 0.6) is 0 Å². The fraction of sp³-hybridized carbons (Fsp3) is 0.417. The quantitative estimate of drug-likeness (QED) is 0.759. The monoisotopic (exact) mass is 275 g/mol. The third-order valence-electron chi connectivity index (χ3n) is 3.00. The predicted molar refractivity (Wildman–Crippen MR) is 66.2 cm³/mol. The van der Waals surface area contributed by atoms with Crippen molar-refractivity contribution in [2.24, 2.45) is 0 Å². The van der Waals surface area contributed by atoms with Crippen LogP contribution >= 0.6 is 23.2 Å². The first kappa shape index (κ1) is 12.7. The molecule has 0 N–H and O–H groups in total. The van der Waals surface area contributed by atoms with E-state index in [0.29, 0.717) is 12.4 Å². The third-order valence-corrected chi connectivity index (χ3v) is 3.65. The van der Waals surface area contributed by atoms with Crippen molar-refractivity contribution in [2.45, 2.75) is 18.9 Å². The molecule has 2 nitrogen and oxygen atoms in total. The van der Waals surface area contributed by atoms with Crippen LogP contribution in [0, 0.1) is 5.82 Å². The van der Waals surface area contributed by atoms with E-state index in [-0.39, 0.29) is 22.5 Å². The molecule has 1 atom stereocenters. The van der Waals surface area contributed by atoms with Crippen molar-refractivity contribution in [3.05, 3.63) is 34.6 Å². The number of hydrogen-bond donors (Lipinski definition) is 0. The first-order valence-electron chi connectivity index (χ1n) is 5.46. The second-order valence-electron chi connectivity index (χ2n) is 4.05. The lowest BCUT2D eigenvalue weighted by molar-refractivity contribution is 0.0744. The Morgan fingerprint density at radius 1 is 1.53 bits per heavy atom. The summed E-state index contributed by atoms with van der Waals surface area (Å²) < 4.78 is 13.7. The zero-order valence-corrected chi connectivity index (χ0v) is 10.6. The SMILES string of the molecule is O=C(c1cccc(Cl)c1F)N1CCCC1CCl. The Morgan fingerprint density at radius 2 is 2.29 bits per heavy atom. The van der Waals surface area contributed by atoms with Crippen LogP contribution in [0.25, 0.3) is 0 Å². The summed E-state index contributed by atoms with van der Waals surface area (Å²) in [7, 11) is 0. The number of amides is 1. The summed E-state index contributed by atoms with van der Waals surface area (Å²) in [5, 5.41) is -0.0301. The van der Waals surface area contributed by atoms with Gasteiger partial charge in [0.2, 0.25) is 0 Å². The summed E-state index contributed by atoms with van der Waals surface area (Å²) >= 11 is 11.5. The van der Waals surface area contributed by atoms with Crippen molar-refractivity contribution in [2.75, 3.05) is 12.4 Å². The van der Waals surface area contributed by atoms with Crippen molar-refractivity contribution in [3.8, 4) is 0 Å². The number of likely N-dealkylation sites (tertiary alicyclic amines) is 1. The van der Waals surface area contributed by atoms with Gasteiger partial charge in [-0.15, -0.1) is 11.6 Å². The van der Waals surface area contributed by atoms with E-state index in [1.165, 1.54) is 12.1 Å². The normalized spacial score (nSPS) is 19.7. The van der Waals surface area contributed by atoms with E-state index >= 15 is 0 Å². The van der Waals surface area contributed by atoms with Gasteiger partial charge in [0.05, 0.1) is 10.6 Å². The van der Waals surface area contributed by atoms with E-state index < -0.39 is 5.82 Å². The molecular formula is C12H12Cl2FNO. The minimum atomic E-state index is -0.653. The molecule has 92 valence electrons. The van der Waals surface area contributed by atoms with Gasteiger partial charge >= 0.3 is 0 Å². The van der Waals surface area contributed by atoms with E-state index in [1.807, 2.05) is 0 Å². The number of carbonyl (C=O) groups excluding carboxylic acids is 1. The van der Waals surface area contributed by atoms with Crippen LogP contribution in [0.4, 0.5) is 4.39 Å². The van der Waals surface area contributed by atoms with Crippen molar-refractivity contribution < 1.29 is 9.18 Å². The number of hydrogen-bond acceptors (Lipinski definition) is 1. The van der Waals surface area contributed by atoms with Gasteiger partial charge in [-0.1, -0.05) is 17.7 Å². The number of carbonyl (C=O) groups is 1. The summed E-state index contributed by atoms with van der Waals surface area (Å²) in [5.74, 6) is -0.596. The lowest BCUT2D eigenvalue weighted by atomic mass is 10.1. The zero-order valence-electron chi connectivity index (χ0n) is 9.13. The molecular weight excluding hydrogens is 264 g/mol. The lowest BCUT2D eigenvalue weighted by Gasteiger charge is -2.23. The Bertz CT molecular complexity index is 439. The smallest absolute Gasteiger partial charge is 0.257 e. The Hall–Kier alpha value is -0.800. The van der Waals surface area contributed by atoms with Crippen LogP contribution in [0.15, 0.2) is 18.2 Å². The van der Waals surface area contributed by atoms with Crippen molar-refractivity contribution in [1.29, 1.82) is 0 Å². The van der Waals surface area contributed by atoms with E-state index in [1.54, 1.807) is 11.0 Å². The molecule has 1 unspecified atom stereocenters. The van der Waals surface area contributed by atoms with Gasteiger partial charge in [0.15, 0.2) is 5.82 Å². The average molecular weight is 276 g/mol. The first-order chi connectivity index (χ1) is 8.15. The van der Waals surface area contributed by atoms with Crippen LogP contribution in [0.1, 0.15) is 23.2 Å². The van der Waals surface area contributed by atoms with E-state index in [4.69, 9.17) is 23.2 Å². The molecule has 0 bridgehead atoms. The number of nitrogens with zero attached hydrogens (tertiary/aromatic N) is 1. The molecule has 0 aromatic heterocycles. The molecule has 17 heavy (non-hydrogen) atoms. The maximum atomic E-state index is 13.7. The highest BCUT2D eigenvalue weighted by Gasteiger charge is 2.30. The van der Waals surface area contributed by atoms with Crippen LogP contribution in [-0.4, -0.2) is 29.3 Å². The predicted octanol–water partition coefficient (Wildman–Crippen LogP) is 3.32. The maximum Gasteiger partial charge on any atom is 0.257 e. The number of alkyl halides is 1. The summed E-state index contributed by atoms with van der Waals surface area (Å²) in [5.41, 5.74) is 0.0227. The summed E-state index contributed by atoms with van der Waals surface area (Å²) in [6.45, 7) is 0.627. The van der Waals surface area contributed by atoms with Crippen LogP contribution in [0.2, 0.25) is 5.02 Å². The van der Waals surface area contributed by atoms with Crippen LogP contribution in [0.3, 0.4) is 0 Å². The first-order valence-corrected chi connectivity index (χ1v) is 6.37. The molecule has 1 aliphatic heterocycles. The van der Waals surface area contributed by atoms with Crippen molar-refractivity contribution in [1.82, 2.24) is 4.90 Å². The van der Waals surface area contributed by atoms with Gasteiger partial charge in [-0.2, -0.15) is 0 Å². The molecule has 1 aliphatic rings. The summed E-state index contributed by atoms with van der Waals surface area (Å²) in [4.78, 5) is 13.8. The van der Waals surface area contributed by atoms with Gasteiger partial charge in [0, 0.05) is 18.5 Å². The minimum absolute atomic E-state index is 0.00236. The topological polar surface area (TPSA) is 20.3 Å².